The van der Waals surface area contributed by atoms with Crippen LogP contribution in [0.25, 0.3) is 0 Å². The van der Waals surface area contributed by atoms with E-state index in [0.29, 0.717) is 5.92 Å². The fraction of sp³-hybridized carbons (Fsp3) is 1.00. The van der Waals surface area contributed by atoms with E-state index in [0.717, 1.165) is 12.8 Å². The summed E-state index contributed by atoms with van der Waals surface area (Å²) >= 11 is 0. The van der Waals surface area contributed by atoms with Gasteiger partial charge in [-0.2, -0.15) is 0 Å². The Morgan fingerprint density at radius 1 is 1.17 bits per heavy atom. The topological polar surface area (TPSA) is 40.5 Å². The first-order valence-electron chi connectivity index (χ1n) is 4.77. The fourth-order valence-corrected chi connectivity index (χ4v) is 3.29. The van der Waals surface area contributed by atoms with Gasteiger partial charge in [0.05, 0.1) is 12.2 Å². The lowest BCUT2D eigenvalue weighted by molar-refractivity contribution is -0.0508. The molecule has 2 aliphatic rings. The molecule has 0 aromatic carbocycles. The second-order valence-corrected chi connectivity index (χ2v) is 5.22. The van der Waals surface area contributed by atoms with Crippen LogP contribution in [0.3, 0.4) is 0 Å². The molecule has 0 aromatic rings. The largest absolute Gasteiger partial charge is 0.390 e. The summed E-state index contributed by atoms with van der Waals surface area (Å²) in [4.78, 5) is 0. The van der Waals surface area contributed by atoms with Gasteiger partial charge >= 0.3 is 0 Å². The third-order valence-corrected chi connectivity index (χ3v) is 4.76. The van der Waals surface area contributed by atoms with Gasteiger partial charge in [-0.05, 0) is 24.2 Å². The lowest BCUT2D eigenvalue weighted by Crippen LogP contribution is -2.39. The zero-order valence-electron chi connectivity index (χ0n) is 8.04. The van der Waals surface area contributed by atoms with Gasteiger partial charge in [0.2, 0.25) is 0 Å². The molecular weight excluding hydrogens is 152 g/mol. The van der Waals surface area contributed by atoms with Gasteiger partial charge < -0.3 is 10.2 Å². The van der Waals surface area contributed by atoms with Gasteiger partial charge in [-0.15, -0.1) is 0 Å². The lowest BCUT2D eigenvalue weighted by Gasteiger charge is -2.36. The van der Waals surface area contributed by atoms with Crippen molar-refractivity contribution in [1.29, 1.82) is 0 Å². The third-order valence-electron chi connectivity index (χ3n) is 4.76. The SMILES string of the molecule is CC1(C)[C@@H]2CC[C@@]1(C)C(O)C2O. The minimum absolute atomic E-state index is 0.0584. The summed E-state index contributed by atoms with van der Waals surface area (Å²) in [6.07, 6.45) is 1.13. The number of fused-ring (bicyclic) bond motifs is 2. The molecule has 2 heteroatoms. The molecule has 0 amide bonds. The molecule has 0 heterocycles. The van der Waals surface area contributed by atoms with Gasteiger partial charge in [0.25, 0.3) is 0 Å². The summed E-state index contributed by atoms with van der Waals surface area (Å²) in [5.74, 6) is 0.303. The predicted octanol–water partition coefficient (Wildman–Crippen LogP) is 1.16. The molecule has 2 rings (SSSR count). The van der Waals surface area contributed by atoms with E-state index in [1.54, 1.807) is 0 Å². The highest BCUT2D eigenvalue weighted by Crippen LogP contribution is 2.65. The molecule has 2 bridgehead atoms. The summed E-state index contributed by atoms with van der Waals surface area (Å²) in [6.45, 7) is 6.45. The Labute approximate surface area is 73.6 Å². The summed E-state index contributed by atoms with van der Waals surface area (Å²) < 4.78 is 0. The molecule has 0 saturated heterocycles. The van der Waals surface area contributed by atoms with Crippen molar-refractivity contribution in [2.75, 3.05) is 0 Å². The minimum Gasteiger partial charge on any atom is -0.390 e. The Balaban J connectivity index is 2.44. The lowest BCUT2D eigenvalue weighted by atomic mass is 9.70. The summed E-state index contributed by atoms with van der Waals surface area (Å²) in [5.41, 5.74) is 0.0446. The molecular formula is C10H18O2. The van der Waals surface area contributed by atoms with Crippen LogP contribution in [0.2, 0.25) is 0 Å². The van der Waals surface area contributed by atoms with E-state index >= 15 is 0 Å². The number of aliphatic hydroxyl groups is 2. The standard InChI is InChI=1S/C10H18O2/c1-9(2)6-4-5-10(9,3)8(12)7(6)11/h6-8,11-12H,4-5H2,1-3H3/t6-,7?,8?,10+/m1/s1. The van der Waals surface area contributed by atoms with Crippen molar-refractivity contribution in [3.63, 3.8) is 0 Å². The minimum atomic E-state index is -0.508. The average molecular weight is 170 g/mol. The highest BCUT2D eigenvalue weighted by atomic mass is 16.3. The van der Waals surface area contributed by atoms with E-state index in [1.807, 2.05) is 0 Å². The molecule has 0 spiro atoms. The molecule has 0 aliphatic heterocycles. The maximum atomic E-state index is 9.83. The molecule has 70 valence electrons. The first kappa shape index (κ1) is 8.52. The van der Waals surface area contributed by atoms with Crippen LogP contribution in [0.1, 0.15) is 33.6 Å². The summed E-state index contributed by atoms with van der Waals surface area (Å²) in [6, 6.07) is 0. The van der Waals surface area contributed by atoms with Gasteiger partial charge in [0, 0.05) is 5.41 Å². The molecule has 12 heavy (non-hydrogen) atoms. The van der Waals surface area contributed by atoms with Crippen molar-refractivity contribution >= 4 is 0 Å². The molecule has 2 saturated carbocycles. The molecule has 2 nitrogen and oxygen atoms in total. The molecule has 0 aromatic heterocycles. The Kier molecular flexibility index (Phi) is 1.45. The van der Waals surface area contributed by atoms with Crippen molar-refractivity contribution in [2.24, 2.45) is 16.7 Å². The van der Waals surface area contributed by atoms with E-state index in [4.69, 9.17) is 0 Å². The highest BCUT2D eigenvalue weighted by molar-refractivity contribution is 5.14. The fourth-order valence-electron chi connectivity index (χ4n) is 3.29. The van der Waals surface area contributed by atoms with Crippen LogP contribution in [-0.2, 0) is 0 Å². The maximum Gasteiger partial charge on any atom is 0.0860 e. The zero-order valence-corrected chi connectivity index (χ0v) is 8.04. The Bertz CT molecular complexity index is 212. The summed E-state index contributed by atoms with van der Waals surface area (Å²) in [5, 5.41) is 19.6. The van der Waals surface area contributed by atoms with Crippen LogP contribution >= 0.6 is 0 Å². The van der Waals surface area contributed by atoms with Crippen molar-refractivity contribution in [1.82, 2.24) is 0 Å². The molecule has 0 radical (unpaired) electrons. The monoisotopic (exact) mass is 170 g/mol. The molecule has 2 fully saturated rings. The Morgan fingerprint density at radius 3 is 2.00 bits per heavy atom. The van der Waals surface area contributed by atoms with Crippen LogP contribution in [0.15, 0.2) is 0 Å². The number of hydrogen-bond acceptors (Lipinski definition) is 2. The molecule has 4 atom stereocenters. The van der Waals surface area contributed by atoms with E-state index < -0.39 is 12.2 Å². The van der Waals surface area contributed by atoms with Crippen molar-refractivity contribution in [3.05, 3.63) is 0 Å². The number of hydrogen-bond donors (Lipinski definition) is 2. The van der Waals surface area contributed by atoms with Crippen LogP contribution in [-0.4, -0.2) is 22.4 Å². The van der Waals surface area contributed by atoms with Gasteiger partial charge in [0.15, 0.2) is 0 Å². The Morgan fingerprint density at radius 2 is 1.75 bits per heavy atom. The van der Waals surface area contributed by atoms with E-state index in [-0.39, 0.29) is 10.8 Å². The van der Waals surface area contributed by atoms with Crippen molar-refractivity contribution in [3.8, 4) is 0 Å². The van der Waals surface area contributed by atoms with Crippen molar-refractivity contribution < 1.29 is 10.2 Å². The zero-order chi connectivity index (χ0) is 9.15. The van der Waals surface area contributed by atoms with E-state index in [9.17, 15) is 10.2 Å². The van der Waals surface area contributed by atoms with Crippen LogP contribution < -0.4 is 0 Å². The highest BCUT2D eigenvalue weighted by Gasteiger charge is 2.65. The number of aliphatic hydroxyl groups excluding tert-OH is 2. The smallest absolute Gasteiger partial charge is 0.0860 e. The third kappa shape index (κ3) is 0.647. The Hall–Kier alpha value is -0.0800. The molecule has 2 aliphatic carbocycles. The summed E-state index contributed by atoms with van der Waals surface area (Å²) in [7, 11) is 0. The second-order valence-electron chi connectivity index (χ2n) is 5.22. The quantitative estimate of drug-likeness (QED) is 0.573. The van der Waals surface area contributed by atoms with Crippen LogP contribution in [0.5, 0.6) is 0 Å². The van der Waals surface area contributed by atoms with Gasteiger partial charge in [-0.1, -0.05) is 20.8 Å². The normalized spacial score (nSPS) is 56.2. The first-order chi connectivity index (χ1) is 5.41. The number of rotatable bonds is 0. The van der Waals surface area contributed by atoms with Gasteiger partial charge in [-0.3, -0.25) is 0 Å². The molecule has 2 N–H and O–H groups in total. The van der Waals surface area contributed by atoms with Crippen LogP contribution in [0, 0.1) is 16.7 Å². The van der Waals surface area contributed by atoms with Gasteiger partial charge in [0.1, 0.15) is 0 Å². The first-order valence-corrected chi connectivity index (χ1v) is 4.77. The van der Waals surface area contributed by atoms with Gasteiger partial charge in [-0.25, -0.2) is 0 Å². The van der Waals surface area contributed by atoms with Crippen LogP contribution in [0.4, 0.5) is 0 Å². The molecule has 2 unspecified atom stereocenters. The van der Waals surface area contributed by atoms with Crippen molar-refractivity contribution in [2.45, 2.75) is 45.8 Å². The maximum absolute atomic E-state index is 9.83. The second kappa shape index (κ2) is 2.05. The van der Waals surface area contributed by atoms with E-state index in [1.165, 1.54) is 0 Å². The predicted molar refractivity (Wildman–Crippen MR) is 46.6 cm³/mol. The van der Waals surface area contributed by atoms with E-state index in [2.05, 4.69) is 20.8 Å². The average Bonchev–Trinajstić information content (AvgIpc) is 2.26.